The molecule has 0 unspecified atom stereocenters. The van der Waals surface area contributed by atoms with E-state index in [1.807, 2.05) is 6.07 Å². The van der Waals surface area contributed by atoms with Gasteiger partial charge in [-0.2, -0.15) is 4.31 Å². The van der Waals surface area contributed by atoms with E-state index in [1.165, 1.54) is 15.6 Å². The number of pyridine rings is 1. The first kappa shape index (κ1) is 16.8. The topological polar surface area (TPSA) is 79.3 Å². The fourth-order valence-corrected chi connectivity index (χ4v) is 6.31. The molecule has 0 atom stereocenters. The standard InChI is InChI=1S/C15H14BrN5O2S2/c16-13-1-2-15(24-13)25(22,23)21-7-5-20(6-8-21)14-10-18-12-9-17-4-3-11(12)19-14/h1-4,9-10H,5-8H2. The Hall–Kier alpha value is -1.62. The zero-order valence-electron chi connectivity index (χ0n) is 13.0. The molecule has 4 heterocycles. The molecule has 0 bridgehead atoms. The molecular formula is C15H14BrN5O2S2. The van der Waals surface area contributed by atoms with Gasteiger partial charge in [0.05, 0.1) is 21.7 Å². The normalized spacial score (nSPS) is 16.4. The molecule has 0 radical (unpaired) electrons. The van der Waals surface area contributed by atoms with Crippen molar-refractivity contribution in [1.29, 1.82) is 0 Å². The van der Waals surface area contributed by atoms with Crippen LogP contribution in [0, 0.1) is 0 Å². The number of halogens is 1. The van der Waals surface area contributed by atoms with Crippen LogP contribution in [0.2, 0.25) is 0 Å². The summed E-state index contributed by atoms with van der Waals surface area (Å²) in [5.74, 6) is 0.759. The van der Waals surface area contributed by atoms with Crippen LogP contribution >= 0.6 is 27.3 Å². The van der Waals surface area contributed by atoms with E-state index in [-0.39, 0.29) is 0 Å². The predicted molar refractivity (Wildman–Crippen MR) is 100 cm³/mol. The molecule has 1 aliphatic heterocycles. The second-order valence-corrected chi connectivity index (χ2v) is 10.2. The lowest BCUT2D eigenvalue weighted by Gasteiger charge is -2.34. The van der Waals surface area contributed by atoms with Crippen molar-refractivity contribution in [1.82, 2.24) is 19.3 Å². The first-order chi connectivity index (χ1) is 12.0. The summed E-state index contributed by atoms with van der Waals surface area (Å²) in [6.45, 7) is 2.01. The number of nitrogens with zero attached hydrogens (tertiary/aromatic N) is 5. The van der Waals surface area contributed by atoms with E-state index in [1.54, 1.807) is 30.7 Å². The lowest BCUT2D eigenvalue weighted by molar-refractivity contribution is 0.385. The van der Waals surface area contributed by atoms with Crippen molar-refractivity contribution in [3.8, 4) is 0 Å². The second-order valence-electron chi connectivity index (χ2n) is 5.54. The van der Waals surface area contributed by atoms with Crippen LogP contribution in [-0.2, 0) is 10.0 Å². The van der Waals surface area contributed by atoms with Gasteiger partial charge in [-0.15, -0.1) is 11.3 Å². The van der Waals surface area contributed by atoms with Gasteiger partial charge in [-0.3, -0.25) is 4.98 Å². The molecule has 3 aromatic rings. The quantitative estimate of drug-likeness (QED) is 0.622. The van der Waals surface area contributed by atoms with Crippen molar-refractivity contribution >= 4 is 54.1 Å². The Bertz CT molecular complexity index is 1020. The smallest absolute Gasteiger partial charge is 0.252 e. The maximum Gasteiger partial charge on any atom is 0.252 e. The summed E-state index contributed by atoms with van der Waals surface area (Å²) in [4.78, 5) is 15.1. The number of piperazine rings is 1. The summed E-state index contributed by atoms with van der Waals surface area (Å²) >= 11 is 4.55. The Labute approximate surface area is 157 Å². The Balaban J connectivity index is 1.50. The number of rotatable bonds is 3. The lowest BCUT2D eigenvalue weighted by atomic mass is 10.3. The summed E-state index contributed by atoms with van der Waals surface area (Å²) in [5, 5.41) is 0. The summed E-state index contributed by atoms with van der Waals surface area (Å²) in [7, 11) is -3.43. The van der Waals surface area contributed by atoms with Gasteiger partial charge in [-0.1, -0.05) is 0 Å². The molecule has 1 aliphatic rings. The van der Waals surface area contributed by atoms with Crippen LogP contribution in [0.25, 0.3) is 11.0 Å². The van der Waals surface area contributed by atoms with Crippen LogP contribution < -0.4 is 4.90 Å². The molecule has 0 aromatic carbocycles. The van der Waals surface area contributed by atoms with E-state index in [2.05, 4.69) is 35.8 Å². The molecule has 130 valence electrons. The highest BCUT2D eigenvalue weighted by atomic mass is 79.9. The largest absolute Gasteiger partial charge is 0.353 e. The molecule has 0 amide bonds. The van der Waals surface area contributed by atoms with Gasteiger partial charge in [0.15, 0.2) is 0 Å². The summed E-state index contributed by atoms with van der Waals surface area (Å²) in [6, 6.07) is 5.22. The highest BCUT2D eigenvalue weighted by molar-refractivity contribution is 9.11. The molecule has 25 heavy (non-hydrogen) atoms. The number of sulfonamides is 1. The van der Waals surface area contributed by atoms with Gasteiger partial charge >= 0.3 is 0 Å². The van der Waals surface area contributed by atoms with Crippen LogP contribution in [0.1, 0.15) is 0 Å². The summed E-state index contributed by atoms with van der Waals surface area (Å²) in [5.41, 5.74) is 1.53. The number of anilines is 1. The van der Waals surface area contributed by atoms with Gasteiger partial charge in [0.1, 0.15) is 15.5 Å². The third kappa shape index (κ3) is 3.26. The van der Waals surface area contributed by atoms with E-state index in [4.69, 9.17) is 0 Å². The van der Waals surface area contributed by atoms with E-state index < -0.39 is 10.0 Å². The first-order valence-corrected chi connectivity index (χ1v) is 10.7. The van der Waals surface area contributed by atoms with E-state index in [9.17, 15) is 8.42 Å². The molecule has 0 aliphatic carbocycles. The summed E-state index contributed by atoms with van der Waals surface area (Å²) in [6.07, 6.45) is 5.07. The van der Waals surface area contributed by atoms with Crippen LogP contribution in [0.4, 0.5) is 5.82 Å². The second kappa shape index (κ2) is 6.60. The average Bonchev–Trinajstić information content (AvgIpc) is 3.09. The van der Waals surface area contributed by atoms with Gasteiger partial charge in [0.25, 0.3) is 10.0 Å². The Kier molecular flexibility index (Phi) is 4.44. The minimum Gasteiger partial charge on any atom is -0.353 e. The number of hydrogen-bond acceptors (Lipinski definition) is 7. The fraction of sp³-hybridized carbons (Fsp3) is 0.267. The summed E-state index contributed by atoms with van der Waals surface area (Å²) < 4.78 is 28.1. The molecule has 3 aromatic heterocycles. The third-order valence-electron chi connectivity index (χ3n) is 4.04. The van der Waals surface area contributed by atoms with Gasteiger partial charge in [-0.25, -0.2) is 18.4 Å². The number of fused-ring (bicyclic) bond motifs is 1. The molecule has 1 saturated heterocycles. The lowest BCUT2D eigenvalue weighted by Crippen LogP contribution is -2.48. The number of aromatic nitrogens is 3. The van der Waals surface area contributed by atoms with Crippen molar-refractivity contribution in [3.63, 3.8) is 0 Å². The molecule has 4 rings (SSSR count). The molecule has 0 spiro atoms. The van der Waals surface area contributed by atoms with Crippen LogP contribution in [-0.4, -0.2) is 53.9 Å². The molecule has 10 heteroatoms. The molecule has 0 N–H and O–H groups in total. The zero-order valence-corrected chi connectivity index (χ0v) is 16.3. The minimum atomic E-state index is -3.43. The maximum absolute atomic E-state index is 12.7. The van der Waals surface area contributed by atoms with E-state index in [0.29, 0.717) is 30.4 Å². The van der Waals surface area contributed by atoms with Crippen molar-refractivity contribution in [2.45, 2.75) is 4.21 Å². The van der Waals surface area contributed by atoms with Crippen molar-refractivity contribution < 1.29 is 8.42 Å². The van der Waals surface area contributed by atoms with Crippen molar-refractivity contribution in [2.75, 3.05) is 31.1 Å². The highest BCUT2D eigenvalue weighted by Crippen LogP contribution is 2.29. The Morgan fingerprint density at radius 3 is 2.56 bits per heavy atom. The van der Waals surface area contributed by atoms with E-state index >= 15 is 0 Å². The SMILES string of the molecule is O=S(=O)(c1ccc(Br)s1)N1CCN(c2cnc3cnccc3n2)CC1. The van der Waals surface area contributed by atoms with Crippen LogP contribution in [0.15, 0.2) is 44.8 Å². The Morgan fingerprint density at radius 1 is 1.04 bits per heavy atom. The van der Waals surface area contributed by atoms with Crippen LogP contribution in [0.5, 0.6) is 0 Å². The maximum atomic E-state index is 12.7. The number of thiophene rings is 1. The molecular weight excluding hydrogens is 426 g/mol. The molecule has 1 fully saturated rings. The van der Waals surface area contributed by atoms with Crippen LogP contribution in [0.3, 0.4) is 0 Å². The van der Waals surface area contributed by atoms with Crippen molar-refractivity contribution in [2.24, 2.45) is 0 Å². The monoisotopic (exact) mass is 439 g/mol. The number of hydrogen-bond donors (Lipinski definition) is 0. The zero-order chi connectivity index (χ0) is 17.4. The van der Waals surface area contributed by atoms with E-state index in [0.717, 1.165) is 20.6 Å². The third-order valence-corrected chi connectivity index (χ3v) is 8.03. The van der Waals surface area contributed by atoms with Gasteiger partial charge < -0.3 is 4.90 Å². The predicted octanol–water partition coefficient (Wildman–Crippen LogP) is 2.36. The van der Waals surface area contributed by atoms with Crippen molar-refractivity contribution in [3.05, 3.63) is 40.6 Å². The van der Waals surface area contributed by atoms with Gasteiger partial charge in [-0.05, 0) is 34.1 Å². The molecule has 0 saturated carbocycles. The fourth-order valence-electron chi connectivity index (χ4n) is 2.73. The minimum absolute atomic E-state index is 0.367. The highest BCUT2D eigenvalue weighted by Gasteiger charge is 2.30. The first-order valence-electron chi connectivity index (χ1n) is 7.61. The van der Waals surface area contributed by atoms with Gasteiger partial charge in [0.2, 0.25) is 0 Å². The molecule has 7 nitrogen and oxygen atoms in total. The average molecular weight is 440 g/mol. The van der Waals surface area contributed by atoms with Gasteiger partial charge in [0, 0.05) is 32.4 Å². The Morgan fingerprint density at radius 2 is 1.84 bits per heavy atom.